The van der Waals surface area contributed by atoms with Crippen LogP contribution in [-0.2, 0) is 0 Å². The summed E-state index contributed by atoms with van der Waals surface area (Å²) in [6.45, 7) is 0. The Labute approximate surface area is 159 Å². The number of aromatic amines is 1. The van der Waals surface area contributed by atoms with E-state index in [0.717, 1.165) is 5.39 Å². The fourth-order valence-corrected chi connectivity index (χ4v) is 3.01. The van der Waals surface area contributed by atoms with Crippen LogP contribution < -0.4 is 19.5 Å². The van der Waals surface area contributed by atoms with Crippen LogP contribution in [0.15, 0.2) is 30.3 Å². The van der Waals surface area contributed by atoms with Crippen LogP contribution in [0.5, 0.6) is 17.2 Å². The zero-order valence-corrected chi connectivity index (χ0v) is 15.4. The smallest absolute Gasteiger partial charge is 0.203 e. The average Bonchev–Trinajstić information content (AvgIpc) is 3.21. The van der Waals surface area contributed by atoms with E-state index in [2.05, 4.69) is 31.8 Å². The van der Waals surface area contributed by atoms with Crippen molar-refractivity contribution >= 4 is 33.4 Å². The molecule has 4 rings (SSSR count). The summed E-state index contributed by atoms with van der Waals surface area (Å²) in [4.78, 5) is 4.63. The summed E-state index contributed by atoms with van der Waals surface area (Å²) in [5, 5.41) is 24.4. The van der Waals surface area contributed by atoms with E-state index < -0.39 is 0 Å². The third kappa shape index (κ3) is 2.77. The number of nitriles is 1. The predicted octanol–water partition coefficient (Wildman–Crippen LogP) is 3.15. The molecule has 2 heterocycles. The summed E-state index contributed by atoms with van der Waals surface area (Å²) < 4.78 is 16.1. The molecule has 0 aliphatic rings. The van der Waals surface area contributed by atoms with Gasteiger partial charge in [0.1, 0.15) is 28.4 Å². The monoisotopic (exact) mass is 376 g/mol. The lowest BCUT2D eigenvalue weighted by molar-refractivity contribution is 0.324. The molecule has 2 aromatic carbocycles. The highest BCUT2D eigenvalue weighted by Gasteiger charge is 2.16. The molecule has 2 aromatic heterocycles. The average molecular weight is 376 g/mol. The molecule has 28 heavy (non-hydrogen) atoms. The molecule has 0 fully saturated rings. The summed E-state index contributed by atoms with van der Waals surface area (Å²) in [6.07, 6.45) is 0. The van der Waals surface area contributed by atoms with Crippen LogP contribution in [0.2, 0.25) is 0 Å². The van der Waals surface area contributed by atoms with Crippen LogP contribution in [0.1, 0.15) is 5.56 Å². The quantitative estimate of drug-likeness (QED) is 0.545. The third-order valence-corrected chi connectivity index (χ3v) is 4.32. The van der Waals surface area contributed by atoms with Crippen LogP contribution in [-0.4, -0.2) is 41.7 Å². The van der Waals surface area contributed by atoms with Gasteiger partial charge in [-0.25, -0.2) is 4.98 Å². The van der Waals surface area contributed by atoms with E-state index in [-0.39, 0.29) is 0 Å². The molecule has 0 saturated heterocycles. The molecule has 4 aromatic rings. The molecule has 0 aliphatic heterocycles. The van der Waals surface area contributed by atoms with Crippen LogP contribution in [0.25, 0.3) is 21.9 Å². The van der Waals surface area contributed by atoms with E-state index in [1.165, 1.54) is 21.3 Å². The minimum absolute atomic E-state index is 0.389. The van der Waals surface area contributed by atoms with Crippen molar-refractivity contribution in [2.24, 2.45) is 0 Å². The number of benzene rings is 2. The SMILES string of the molecule is COc1cc(Nc2nc3c(ccc4n[nH]nc43)cc2C#N)cc(OC)c1OC. The molecule has 0 aliphatic carbocycles. The van der Waals surface area contributed by atoms with Gasteiger partial charge < -0.3 is 19.5 Å². The molecular weight excluding hydrogens is 360 g/mol. The van der Waals surface area contributed by atoms with Gasteiger partial charge >= 0.3 is 0 Å². The van der Waals surface area contributed by atoms with E-state index in [4.69, 9.17) is 14.2 Å². The number of anilines is 2. The first-order chi connectivity index (χ1) is 13.7. The number of methoxy groups -OCH3 is 3. The lowest BCUT2D eigenvalue weighted by Crippen LogP contribution is -2.01. The Hall–Kier alpha value is -4.06. The number of ether oxygens (including phenoxy) is 3. The number of fused-ring (bicyclic) bond motifs is 3. The second-order valence-electron chi connectivity index (χ2n) is 5.86. The van der Waals surface area contributed by atoms with Crippen molar-refractivity contribution in [3.05, 3.63) is 35.9 Å². The highest BCUT2D eigenvalue weighted by Crippen LogP contribution is 2.41. The van der Waals surface area contributed by atoms with Gasteiger partial charge in [-0.3, -0.25) is 0 Å². The van der Waals surface area contributed by atoms with Gasteiger partial charge in [0.2, 0.25) is 5.75 Å². The van der Waals surface area contributed by atoms with Crippen LogP contribution in [0, 0.1) is 11.3 Å². The molecule has 0 atom stereocenters. The Morgan fingerprint density at radius 3 is 2.36 bits per heavy atom. The summed E-state index contributed by atoms with van der Waals surface area (Å²) >= 11 is 0. The number of nitrogens with zero attached hydrogens (tertiary/aromatic N) is 4. The second-order valence-corrected chi connectivity index (χ2v) is 5.86. The molecule has 0 bridgehead atoms. The number of hydrogen-bond donors (Lipinski definition) is 2. The number of pyridine rings is 1. The summed E-state index contributed by atoms with van der Waals surface area (Å²) in [5.74, 6) is 1.84. The Kier molecular flexibility index (Phi) is 4.29. The third-order valence-electron chi connectivity index (χ3n) is 4.32. The van der Waals surface area contributed by atoms with Crippen molar-refractivity contribution in [1.29, 1.82) is 5.26 Å². The largest absolute Gasteiger partial charge is 0.493 e. The van der Waals surface area contributed by atoms with E-state index in [0.29, 0.717) is 50.9 Å². The van der Waals surface area contributed by atoms with Gasteiger partial charge in [0, 0.05) is 23.2 Å². The van der Waals surface area contributed by atoms with E-state index in [1.54, 1.807) is 18.2 Å². The van der Waals surface area contributed by atoms with Crippen LogP contribution >= 0.6 is 0 Å². The van der Waals surface area contributed by atoms with Crippen molar-refractivity contribution in [3.63, 3.8) is 0 Å². The molecule has 140 valence electrons. The van der Waals surface area contributed by atoms with Gasteiger partial charge in [-0.1, -0.05) is 6.07 Å². The molecule has 9 heteroatoms. The first kappa shape index (κ1) is 17.4. The predicted molar refractivity (Wildman–Crippen MR) is 103 cm³/mol. The molecule has 9 nitrogen and oxygen atoms in total. The molecule has 0 saturated carbocycles. The van der Waals surface area contributed by atoms with Crippen LogP contribution in [0.3, 0.4) is 0 Å². The number of nitrogens with one attached hydrogen (secondary N) is 2. The molecular formula is C19H16N6O3. The van der Waals surface area contributed by atoms with E-state index in [9.17, 15) is 5.26 Å². The number of aromatic nitrogens is 4. The first-order valence-corrected chi connectivity index (χ1v) is 8.30. The van der Waals surface area contributed by atoms with E-state index in [1.807, 2.05) is 12.1 Å². The topological polar surface area (TPSA) is 118 Å². The molecule has 0 spiro atoms. The maximum Gasteiger partial charge on any atom is 0.203 e. The maximum atomic E-state index is 9.58. The molecule has 0 radical (unpaired) electrons. The number of H-pyrrole nitrogens is 1. The zero-order valence-electron chi connectivity index (χ0n) is 15.4. The zero-order chi connectivity index (χ0) is 19.7. The molecule has 0 amide bonds. The highest BCUT2D eigenvalue weighted by molar-refractivity contribution is 6.02. The van der Waals surface area contributed by atoms with E-state index >= 15 is 0 Å². The second kappa shape index (κ2) is 6.92. The normalized spacial score (nSPS) is 10.6. The minimum atomic E-state index is 0.389. The Balaban J connectivity index is 1.86. The van der Waals surface area contributed by atoms with Crippen molar-refractivity contribution in [3.8, 4) is 23.3 Å². The number of hydrogen-bond acceptors (Lipinski definition) is 8. The highest BCUT2D eigenvalue weighted by atomic mass is 16.5. The van der Waals surface area contributed by atoms with Crippen molar-refractivity contribution in [1.82, 2.24) is 20.4 Å². The number of rotatable bonds is 5. The van der Waals surface area contributed by atoms with Gasteiger partial charge in [0.05, 0.1) is 26.9 Å². The van der Waals surface area contributed by atoms with Gasteiger partial charge in [0.25, 0.3) is 0 Å². The molecule has 0 unspecified atom stereocenters. The maximum absolute atomic E-state index is 9.58. The minimum Gasteiger partial charge on any atom is -0.493 e. The van der Waals surface area contributed by atoms with Gasteiger partial charge in [-0.2, -0.15) is 20.7 Å². The summed E-state index contributed by atoms with van der Waals surface area (Å²) in [6, 6.07) is 11.1. The van der Waals surface area contributed by atoms with Crippen molar-refractivity contribution in [2.75, 3.05) is 26.6 Å². The standard InChI is InChI=1S/C19H16N6O3/c1-26-14-7-12(8-15(27-2)18(14)28-3)21-19-11(9-20)6-10-4-5-13-17(16(10)22-19)24-25-23-13/h4-8H,1-3H3,(H,21,22)(H,23,24,25). The van der Waals surface area contributed by atoms with Crippen molar-refractivity contribution in [2.45, 2.75) is 0 Å². The lowest BCUT2D eigenvalue weighted by atomic mass is 10.1. The molecule has 2 N–H and O–H groups in total. The first-order valence-electron chi connectivity index (χ1n) is 8.30. The van der Waals surface area contributed by atoms with Gasteiger partial charge in [0.15, 0.2) is 11.5 Å². The van der Waals surface area contributed by atoms with Crippen molar-refractivity contribution < 1.29 is 14.2 Å². The fraction of sp³-hybridized carbons (Fsp3) is 0.158. The Morgan fingerprint density at radius 1 is 0.964 bits per heavy atom. The summed E-state index contributed by atoms with van der Waals surface area (Å²) in [5.41, 5.74) is 2.99. The van der Waals surface area contributed by atoms with Gasteiger partial charge in [-0.05, 0) is 12.1 Å². The summed E-state index contributed by atoms with van der Waals surface area (Å²) in [7, 11) is 4.62. The van der Waals surface area contributed by atoms with Crippen LogP contribution in [0.4, 0.5) is 11.5 Å². The Morgan fingerprint density at radius 2 is 1.71 bits per heavy atom. The lowest BCUT2D eigenvalue weighted by Gasteiger charge is -2.15. The fourth-order valence-electron chi connectivity index (χ4n) is 3.01. The van der Waals surface area contributed by atoms with Gasteiger partial charge in [-0.15, -0.1) is 0 Å². The Bertz CT molecular complexity index is 1200.